The Labute approximate surface area is 207 Å². The first-order chi connectivity index (χ1) is 17.3. The maximum Gasteiger partial charge on any atom is 0.339 e. The molecule has 1 aromatic heterocycles. The molecule has 8 heteroatoms. The van der Waals surface area contributed by atoms with Crippen LogP contribution in [-0.2, 0) is 16.6 Å². The molecule has 0 radical (unpaired) electrons. The Morgan fingerprint density at radius 1 is 0.833 bits per heavy atom. The molecule has 0 aliphatic heterocycles. The van der Waals surface area contributed by atoms with Crippen LogP contribution in [-0.4, -0.2) is 33.6 Å². The van der Waals surface area contributed by atoms with Gasteiger partial charge in [-0.1, -0.05) is 66.2 Å². The quantitative estimate of drug-likeness (QED) is 0.318. The molecule has 0 bridgehead atoms. The number of ketones is 1. The standard InChI is InChI=1S/C28H25N3O5/c1-18-13-15-20(16-14-18)26(33)22-11-7-8-12-23(22)28(35)36-17-24(32)29-25-19(2)30(3)31(27(25)34)21-9-5-4-6-10-21/h4-16H,17H2,1-3H3,(H,29,32). The maximum absolute atomic E-state index is 13.0. The number of carbonyl (C=O) groups excluding carboxylic acids is 3. The summed E-state index contributed by atoms with van der Waals surface area (Å²) < 4.78 is 8.26. The number of aryl methyl sites for hydroxylation is 1. The third-order valence-corrected chi connectivity index (χ3v) is 5.86. The minimum absolute atomic E-state index is 0.0539. The lowest BCUT2D eigenvalue weighted by Gasteiger charge is -2.09. The smallest absolute Gasteiger partial charge is 0.339 e. The molecule has 0 spiro atoms. The van der Waals surface area contributed by atoms with Crippen molar-refractivity contribution in [2.75, 3.05) is 11.9 Å². The van der Waals surface area contributed by atoms with Gasteiger partial charge in [0.25, 0.3) is 11.5 Å². The van der Waals surface area contributed by atoms with Gasteiger partial charge in [0.1, 0.15) is 5.69 Å². The molecular weight excluding hydrogens is 458 g/mol. The lowest BCUT2D eigenvalue weighted by atomic mass is 9.98. The fourth-order valence-corrected chi connectivity index (χ4v) is 3.82. The van der Waals surface area contributed by atoms with Crippen LogP contribution in [0.1, 0.15) is 37.5 Å². The Morgan fingerprint density at radius 3 is 2.11 bits per heavy atom. The fraction of sp³-hybridized carbons (Fsp3) is 0.143. The number of nitrogens with one attached hydrogen (secondary N) is 1. The SMILES string of the molecule is Cc1ccc(C(=O)c2ccccc2C(=O)OCC(=O)Nc2c(C)n(C)n(-c3ccccc3)c2=O)cc1. The summed E-state index contributed by atoms with van der Waals surface area (Å²) in [5.74, 6) is -1.81. The van der Waals surface area contributed by atoms with E-state index in [0.717, 1.165) is 5.56 Å². The number of hydrogen-bond donors (Lipinski definition) is 1. The molecular formula is C28H25N3O5. The number of amides is 1. The monoisotopic (exact) mass is 483 g/mol. The predicted molar refractivity (Wildman–Crippen MR) is 136 cm³/mol. The number of anilines is 1. The van der Waals surface area contributed by atoms with E-state index in [2.05, 4.69) is 5.32 Å². The largest absolute Gasteiger partial charge is 0.452 e. The van der Waals surface area contributed by atoms with Gasteiger partial charge in [-0.25, -0.2) is 9.48 Å². The van der Waals surface area contributed by atoms with Crippen LogP contribution in [0.5, 0.6) is 0 Å². The van der Waals surface area contributed by atoms with E-state index < -0.39 is 24.0 Å². The summed E-state index contributed by atoms with van der Waals surface area (Å²) in [7, 11) is 1.71. The Bertz CT molecular complexity index is 1500. The lowest BCUT2D eigenvalue weighted by molar-refractivity contribution is -0.119. The molecule has 0 saturated carbocycles. The molecule has 0 fully saturated rings. The first-order valence-electron chi connectivity index (χ1n) is 11.3. The zero-order valence-corrected chi connectivity index (χ0v) is 20.1. The molecule has 1 heterocycles. The molecule has 3 aromatic carbocycles. The number of rotatable bonds is 7. The number of hydrogen-bond acceptors (Lipinski definition) is 5. The average Bonchev–Trinajstić information content (AvgIpc) is 3.10. The van der Waals surface area contributed by atoms with Gasteiger partial charge < -0.3 is 10.1 Å². The highest BCUT2D eigenvalue weighted by molar-refractivity contribution is 6.14. The first-order valence-corrected chi connectivity index (χ1v) is 11.3. The number of aromatic nitrogens is 2. The molecule has 0 aliphatic carbocycles. The van der Waals surface area contributed by atoms with Crippen molar-refractivity contribution in [1.29, 1.82) is 0 Å². The van der Waals surface area contributed by atoms with Gasteiger partial charge in [0.2, 0.25) is 0 Å². The Kier molecular flexibility index (Phi) is 6.96. The summed E-state index contributed by atoms with van der Waals surface area (Å²) in [6.45, 7) is 3.00. The van der Waals surface area contributed by atoms with Gasteiger partial charge in [-0.2, -0.15) is 0 Å². The minimum atomic E-state index is -0.812. The van der Waals surface area contributed by atoms with Crippen molar-refractivity contribution >= 4 is 23.3 Å². The average molecular weight is 484 g/mol. The Morgan fingerprint density at radius 2 is 1.44 bits per heavy atom. The van der Waals surface area contributed by atoms with E-state index >= 15 is 0 Å². The van der Waals surface area contributed by atoms with Crippen LogP contribution in [0.15, 0.2) is 83.7 Å². The zero-order chi connectivity index (χ0) is 25.8. The van der Waals surface area contributed by atoms with Crippen LogP contribution < -0.4 is 10.9 Å². The van der Waals surface area contributed by atoms with Crippen LogP contribution in [0, 0.1) is 13.8 Å². The molecule has 8 nitrogen and oxygen atoms in total. The molecule has 182 valence electrons. The molecule has 36 heavy (non-hydrogen) atoms. The lowest BCUT2D eigenvalue weighted by Crippen LogP contribution is -2.26. The molecule has 0 aliphatic rings. The van der Waals surface area contributed by atoms with Crippen LogP contribution in [0.25, 0.3) is 5.69 Å². The second kappa shape index (κ2) is 10.3. The van der Waals surface area contributed by atoms with Gasteiger partial charge in [-0.05, 0) is 32.0 Å². The molecule has 0 atom stereocenters. The van der Waals surface area contributed by atoms with E-state index in [1.54, 1.807) is 55.1 Å². The number of benzene rings is 3. The minimum Gasteiger partial charge on any atom is -0.452 e. The van der Waals surface area contributed by atoms with Gasteiger partial charge in [-0.15, -0.1) is 0 Å². The number of esters is 1. The highest BCUT2D eigenvalue weighted by Crippen LogP contribution is 2.17. The summed E-state index contributed by atoms with van der Waals surface area (Å²) in [5.41, 5.74) is 2.55. The third kappa shape index (κ3) is 4.88. The van der Waals surface area contributed by atoms with Crippen molar-refractivity contribution in [3.8, 4) is 5.69 Å². The molecule has 4 rings (SSSR count). The molecule has 0 saturated heterocycles. The second-order valence-electron chi connectivity index (χ2n) is 8.30. The van der Waals surface area contributed by atoms with Crippen molar-refractivity contribution in [2.24, 2.45) is 7.05 Å². The maximum atomic E-state index is 13.0. The van der Waals surface area contributed by atoms with Gasteiger partial charge >= 0.3 is 5.97 Å². The topological polar surface area (TPSA) is 99.4 Å². The van der Waals surface area contributed by atoms with E-state index in [9.17, 15) is 19.2 Å². The zero-order valence-electron chi connectivity index (χ0n) is 20.1. The Balaban J connectivity index is 1.48. The summed E-state index contributed by atoms with van der Waals surface area (Å²) >= 11 is 0. The van der Waals surface area contributed by atoms with Crippen molar-refractivity contribution in [3.63, 3.8) is 0 Å². The fourth-order valence-electron chi connectivity index (χ4n) is 3.82. The van der Waals surface area contributed by atoms with E-state index in [1.165, 1.54) is 16.8 Å². The van der Waals surface area contributed by atoms with Crippen LogP contribution in [0.4, 0.5) is 5.69 Å². The summed E-state index contributed by atoms with van der Waals surface area (Å²) in [6.07, 6.45) is 0. The highest BCUT2D eigenvalue weighted by atomic mass is 16.5. The molecule has 1 amide bonds. The summed E-state index contributed by atoms with van der Waals surface area (Å²) in [6, 6.07) is 22.3. The number of ether oxygens (including phenoxy) is 1. The number of nitrogens with zero attached hydrogens (tertiary/aromatic N) is 2. The normalized spacial score (nSPS) is 10.6. The van der Waals surface area contributed by atoms with Gasteiger partial charge in [0.15, 0.2) is 12.4 Å². The van der Waals surface area contributed by atoms with Crippen molar-refractivity contribution in [2.45, 2.75) is 13.8 Å². The number of carbonyl (C=O) groups is 3. The van der Waals surface area contributed by atoms with Crippen LogP contribution in [0.3, 0.4) is 0 Å². The van der Waals surface area contributed by atoms with Crippen LogP contribution in [0.2, 0.25) is 0 Å². The van der Waals surface area contributed by atoms with Crippen LogP contribution >= 0.6 is 0 Å². The third-order valence-electron chi connectivity index (χ3n) is 5.86. The molecule has 4 aromatic rings. The van der Waals surface area contributed by atoms with Gasteiger partial charge in [0, 0.05) is 18.2 Å². The van der Waals surface area contributed by atoms with Crippen molar-refractivity contribution < 1.29 is 19.1 Å². The first kappa shape index (κ1) is 24.4. The van der Waals surface area contributed by atoms with E-state index in [0.29, 0.717) is 16.9 Å². The van der Waals surface area contributed by atoms with E-state index in [1.807, 2.05) is 37.3 Å². The highest BCUT2D eigenvalue weighted by Gasteiger charge is 2.22. The van der Waals surface area contributed by atoms with Crippen molar-refractivity contribution in [3.05, 3.63) is 117 Å². The summed E-state index contributed by atoms with van der Waals surface area (Å²) in [5, 5.41) is 2.55. The Hall–Kier alpha value is -4.72. The molecule has 0 unspecified atom stereocenters. The van der Waals surface area contributed by atoms with E-state index in [4.69, 9.17) is 4.74 Å². The second-order valence-corrected chi connectivity index (χ2v) is 8.30. The van der Waals surface area contributed by atoms with Gasteiger partial charge in [0.05, 0.1) is 16.9 Å². The number of para-hydroxylation sites is 1. The predicted octanol–water partition coefficient (Wildman–Crippen LogP) is 3.82. The van der Waals surface area contributed by atoms with Gasteiger partial charge in [-0.3, -0.25) is 19.1 Å². The van der Waals surface area contributed by atoms with Crippen molar-refractivity contribution in [1.82, 2.24) is 9.36 Å². The van der Waals surface area contributed by atoms with E-state index in [-0.39, 0.29) is 22.6 Å². The molecule has 1 N–H and O–H groups in total. The summed E-state index contributed by atoms with van der Waals surface area (Å²) in [4.78, 5) is 51.3.